The number of hydrogen-bond acceptors (Lipinski definition) is 4. The first-order chi connectivity index (χ1) is 14.6. The number of halogens is 3. The number of alkyl halides is 3. The fraction of sp³-hybridized carbons (Fsp3) is 0.524. The number of carbonyl (C=O) groups is 4. The summed E-state index contributed by atoms with van der Waals surface area (Å²) in [5.41, 5.74) is 0.994. The molecular formula is C21H20F3N3O4. The Morgan fingerprint density at radius 3 is 2.48 bits per heavy atom. The van der Waals surface area contributed by atoms with E-state index in [4.69, 9.17) is 0 Å². The van der Waals surface area contributed by atoms with E-state index in [-0.39, 0.29) is 49.9 Å². The minimum atomic E-state index is -4.17. The smallest absolute Gasteiger partial charge is 0.337 e. The van der Waals surface area contributed by atoms with Crippen molar-refractivity contribution in [1.29, 1.82) is 0 Å². The van der Waals surface area contributed by atoms with Gasteiger partial charge in [-0.3, -0.25) is 24.5 Å². The molecule has 4 aliphatic rings. The third-order valence-corrected chi connectivity index (χ3v) is 6.93. The monoisotopic (exact) mass is 435 g/mol. The predicted octanol–water partition coefficient (Wildman–Crippen LogP) is 1.86. The van der Waals surface area contributed by atoms with Crippen LogP contribution in [0.4, 0.5) is 13.2 Å². The number of nitrogens with one attached hydrogen (secondary N) is 1. The lowest BCUT2D eigenvalue weighted by molar-refractivity contribution is -0.238. The maximum atomic E-state index is 12.8. The van der Waals surface area contributed by atoms with Gasteiger partial charge >= 0.3 is 6.18 Å². The molecule has 0 radical (unpaired) electrons. The van der Waals surface area contributed by atoms with Gasteiger partial charge in [0.2, 0.25) is 11.8 Å². The largest absolute Gasteiger partial charge is 0.391 e. The molecule has 1 spiro atoms. The average Bonchev–Trinajstić information content (AvgIpc) is 2.94. The highest BCUT2D eigenvalue weighted by atomic mass is 19.4. The van der Waals surface area contributed by atoms with Crippen LogP contribution in [-0.4, -0.2) is 58.7 Å². The number of hydrogen-bond donors (Lipinski definition) is 1. The molecule has 3 aliphatic heterocycles. The maximum absolute atomic E-state index is 12.8. The fourth-order valence-electron chi connectivity index (χ4n) is 5.27. The van der Waals surface area contributed by atoms with E-state index in [1.165, 1.54) is 11.0 Å². The van der Waals surface area contributed by atoms with Gasteiger partial charge in [0, 0.05) is 42.6 Å². The highest BCUT2D eigenvalue weighted by Crippen LogP contribution is 2.57. The number of imide groups is 1. The summed E-state index contributed by atoms with van der Waals surface area (Å²) in [5.74, 6) is -2.72. The van der Waals surface area contributed by atoms with Gasteiger partial charge in [-0.2, -0.15) is 13.2 Å². The first-order valence-electron chi connectivity index (χ1n) is 10.2. The Labute approximate surface area is 175 Å². The number of benzene rings is 1. The van der Waals surface area contributed by atoms with Crippen LogP contribution in [-0.2, 0) is 16.1 Å². The van der Waals surface area contributed by atoms with Crippen LogP contribution in [0.1, 0.15) is 52.0 Å². The van der Waals surface area contributed by atoms with Gasteiger partial charge < -0.3 is 9.80 Å². The van der Waals surface area contributed by atoms with Gasteiger partial charge in [0.1, 0.15) is 6.04 Å². The van der Waals surface area contributed by atoms with Crippen LogP contribution in [0.2, 0.25) is 0 Å². The Morgan fingerprint density at radius 1 is 1.13 bits per heavy atom. The second-order valence-electron chi connectivity index (χ2n) is 9.08. The molecule has 1 N–H and O–H groups in total. The van der Waals surface area contributed by atoms with Gasteiger partial charge in [-0.05, 0) is 43.0 Å². The lowest BCUT2D eigenvalue weighted by atomic mass is 9.57. The van der Waals surface area contributed by atoms with Crippen molar-refractivity contribution in [3.63, 3.8) is 0 Å². The molecule has 164 valence electrons. The summed E-state index contributed by atoms with van der Waals surface area (Å²) in [6.45, 7) is 0.798. The molecule has 7 nitrogen and oxygen atoms in total. The van der Waals surface area contributed by atoms with Gasteiger partial charge in [0.25, 0.3) is 11.8 Å². The molecule has 1 atom stereocenters. The quantitative estimate of drug-likeness (QED) is 0.719. The minimum absolute atomic E-state index is 0.0693. The Balaban J connectivity index is 1.24. The Bertz CT molecular complexity index is 1010. The molecule has 2 saturated heterocycles. The van der Waals surface area contributed by atoms with E-state index < -0.39 is 29.5 Å². The molecule has 4 amide bonds. The van der Waals surface area contributed by atoms with Crippen LogP contribution < -0.4 is 5.32 Å². The van der Waals surface area contributed by atoms with E-state index in [1.807, 2.05) is 0 Å². The van der Waals surface area contributed by atoms with Crippen LogP contribution in [0, 0.1) is 11.3 Å². The molecule has 1 aromatic carbocycles. The number of rotatable bonds is 2. The van der Waals surface area contributed by atoms with E-state index in [2.05, 4.69) is 5.32 Å². The molecule has 1 aliphatic carbocycles. The number of piperidine rings is 1. The standard InChI is InChI=1S/C21H20F3N3O4/c22-21(23,24)13-6-20(7-13)9-26(10-20)18(30)11-1-2-14-12(5-11)8-27(19(14)31)15-3-4-16(28)25-17(15)29/h1-2,5,13,15H,3-4,6-10H2,(H,25,28,29). The van der Waals surface area contributed by atoms with Gasteiger partial charge in [-0.25, -0.2) is 0 Å². The topological polar surface area (TPSA) is 86.8 Å². The Morgan fingerprint density at radius 2 is 1.84 bits per heavy atom. The lowest BCUT2D eigenvalue weighted by Crippen LogP contribution is -2.65. The molecule has 3 fully saturated rings. The van der Waals surface area contributed by atoms with Crippen LogP contribution in [0.25, 0.3) is 0 Å². The van der Waals surface area contributed by atoms with E-state index in [1.54, 1.807) is 17.0 Å². The molecule has 0 bridgehead atoms. The van der Waals surface area contributed by atoms with Crippen molar-refractivity contribution in [1.82, 2.24) is 15.1 Å². The molecule has 3 heterocycles. The summed E-state index contributed by atoms with van der Waals surface area (Å²) in [5, 5.41) is 2.24. The molecule has 5 rings (SSSR count). The zero-order chi connectivity index (χ0) is 22.1. The van der Waals surface area contributed by atoms with Crippen LogP contribution >= 0.6 is 0 Å². The zero-order valence-electron chi connectivity index (χ0n) is 16.5. The summed E-state index contributed by atoms with van der Waals surface area (Å²) >= 11 is 0. The van der Waals surface area contributed by atoms with Gasteiger partial charge in [0.05, 0.1) is 5.92 Å². The molecule has 1 aromatic rings. The molecule has 31 heavy (non-hydrogen) atoms. The number of carbonyl (C=O) groups excluding carboxylic acids is 4. The van der Waals surface area contributed by atoms with Gasteiger partial charge in [0.15, 0.2) is 0 Å². The van der Waals surface area contributed by atoms with E-state index >= 15 is 0 Å². The van der Waals surface area contributed by atoms with Crippen molar-refractivity contribution in [3.8, 4) is 0 Å². The summed E-state index contributed by atoms with van der Waals surface area (Å²) in [4.78, 5) is 51.9. The highest BCUT2D eigenvalue weighted by molar-refractivity contribution is 6.06. The van der Waals surface area contributed by atoms with Gasteiger partial charge in [-0.15, -0.1) is 0 Å². The molecule has 1 saturated carbocycles. The summed E-state index contributed by atoms with van der Waals surface area (Å²) in [6, 6.07) is 3.98. The van der Waals surface area contributed by atoms with Crippen molar-refractivity contribution in [2.45, 2.75) is 44.4 Å². The molecular weight excluding hydrogens is 415 g/mol. The van der Waals surface area contributed by atoms with Crippen LogP contribution in [0.15, 0.2) is 18.2 Å². The van der Waals surface area contributed by atoms with Crippen molar-refractivity contribution in [2.75, 3.05) is 13.1 Å². The number of likely N-dealkylation sites (tertiary alicyclic amines) is 1. The third-order valence-electron chi connectivity index (χ3n) is 6.93. The first-order valence-corrected chi connectivity index (χ1v) is 10.2. The Kier molecular flexibility index (Phi) is 4.22. The summed E-state index contributed by atoms with van der Waals surface area (Å²) in [6.07, 6.45) is -3.62. The van der Waals surface area contributed by atoms with Gasteiger partial charge in [-0.1, -0.05) is 0 Å². The van der Waals surface area contributed by atoms with Crippen LogP contribution in [0.5, 0.6) is 0 Å². The molecule has 0 aromatic heterocycles. The first kappa shape index (κ1) is 20.0. The summed E-state index contributed by atoms with van der Waals surface area (Å²) in [7, 11) is 0. The normalized spacial score (nSPS) is 25.3. The minimum Gasteiger partial charge on any atom is -0.337 e. The molecule has 10 heteroatoms. The highest BCUT2D eigenvalue weighted by Gasteiger charge is 2.60. The third kappa shape index (κ3) is 3.19. The van der Waals surface area contributed by atoms with E-state index in [0.717, 1.165) is 0 Å². The van der Waals surface area contributed by atoms with E-state index in [9.17, 15) is 32.3 Å². The zero-order valence-corrected chi connectivity index (χ0v) is 16.5. The molecule has 1 unspecified atom stereocenters. The Hall–Kier alpha value is -2.91. The van der Waals surface area contributed by atoms with Crippen molar-refractivity contribution >= 4 is 23.6 Å². The van der Waals surface area contributed by atoms with Crippen molar-refractivity contribution in [3.05, 3.63) is 34.9 Å². The predicted molar refractivity (Wildman–Crippen MR) is 99.6 cm³/mol. The fourth-order valence-corrected chi connectivity index (χ4v) is 5.27. The van der Waals surface area contributed by atoms with Crippen LogP contribution in [0.3, 0.4) is 0 Å². The maximum Gasteiger partial charge on any atom is 0.391 e. The van der Waals surface area contributed by atoms with Crippen molar-refractivity contribution in [2.24, 2.45) is 11.3 Å². The number of amides is 4. The lowest BCUT2D eigenvalue weighted by Gasteiger charge is -2.59. The second kappa shape index (κ2) is 6.54. The summed E-state index contributed by atoms with van der Waals surface area (Å²) < 4.78 is 38.2. The number of fused-ring (bicyclic) bond motifs is 1. The average molecular weight is 435 g/mol. The number of nitrogens with zero attached hydrogens (tertiary/aromatic N) is 2. The SMILES string of the molecule is O=C1CCC(N2Cc3cc(C(=O)N4CC5(CC(C(F)(F)F)C5)C4)ccc3C2=O)C(=O)N1. The van der Waals surface area contributed by atoms with E-state index in [0.29, 0.717) is 29.8 Å². The van der Waals surface area contributed by atoms with Crippen molar-refractivity contribution < 1.29 is 32.3 Å². The second-order valence-corrected chi connectivity index (χ2v) is 9.08.